The van der Waals surface area contributed by atoms with E-state index in [1.165, 1.54) is 16.3 Å². The number of hydrogen-bond donors (Lipinski definition) is 0. The van der Waals surface area contributed by atoms with E-state index in [0.29, 0.717) is 5.02 Å². The number of rotatable bonds is 2. The van der Waals surface area contributed by atoms with Crippen LogP contribution in [0.1, 0.15) is 13.8 Å². The van der Waals surface area contributed by atoms with E-state index >= 15 is 0 Å². The summed E-state index contributed by atoms with van der Waals surface area (Å²) in [6.45, 7) is 3.93. The molecule has 0 unspecified atom stereocenters. The average molecular weight is 315 g/mol. The Morgan fingerprint density at radius 2 is 2.15 bits per heavy atom. The summed E-state index contributed by atoms with van der Waals surface area (Å²) in [5.41, 5.74) is 0. The quantitative estimate of drug-likeness (QED) is 0.596. The maximum atomic E-state index is 5.81. The van der Waals surface area contributed by atoms with E-state index in [1.54, 1.807) is 12.1 Å². The van der Waals surface area contributed by atoms with Gasteiger partial charge >= 0.3 is 30.0 Å². The van der Waals surface area contributed by atoms with Crippen molar-refractivity contribution in [2.24, 2.45) is 0 Å². The van der Waals surface area contributed by atoms with Crippen molar-refractivity contribution < 1.29 is 21.1 Å². The third-order valence-electron chi connectivity index (χ3n) is 1.14. The van der Waals surface area contributed by atoms with Gasteiger partial charge in [0, 0.05) is 5.75 Å². The second kappa shape index (κ2) is 7.78. The Morgan fingerprint density at radius 3 is 2.62 bits per heavy atom. The van der Waals surface area contributed by atoms with Gasteiger partial charge in [0.2, 0.25) is 0 Å². The SMILES string of the molecule is CC(C)Oc1cc[c-]cc1Cl.[Zn+][Br]. The van der Waals surface area contributed by atoms with Crippen LogP contribution in [-0.4, -0.2) is 6.10 Å². The second-order valence-corrected chi connectivity index (χ2v) is 2.93. The summed E-state index contributed by atoms with van der Waals surface area (Å²) >= 11 is 10.1. The summed E-state index contributed by atoms with van der Waals surface area (Å²) < 4.78 is 5.39. The molecule has 1 nitrogen and oxygen atoms in total. The second-order valence-electron chi connectivity index (χ2n) is 2.52. The molecule has 0 heterocycles. The first kappa shape index (κ1) is 13.4. The fourth-order valence-electron chi connectivity index (χ4n) is 0.745. The van der Waals surface area contributed by atoms with E-state index in [4.69, 9.17) is 16.3 Å². The maximum absolute atomic E-state index is 5.81. The van der Waals surface area contributed by atoms with Gasteiger partial charge in [0.05, 0.1) is 6.10 Å². The molecule has 0 atom stereocenters. The molecule has 0 spiro atoms. The summed E-state index contributed by atoms with van der Waals surface area (Å²) in [6.07, 6.45) is 0.162. The van der Waals surface area contributed by atoms with Crippen molar-refractivity contribution in [2.75, 3.05) is 0 Å². The van der Waals surface area contributed by atoms with E-state index < -0.39 is 0 Å². The van der Waals surface area contributed by atoms with Gasteiger partial charge in [-0.1, -0.05) is 0 Å². The molecule has 0 saturated carbocycles. The Hall–Kier alpha value is 0.413. The Labute approximate surface area is 101 Å². The average Bonchev–Trinajstić information content (AvgIpc) is 2.12. The minimum atomic E-state index is 0.162. The molecule has 0 bridgehead atoms. The number of ether oxygens (including phenoxy) is 1. The van der Waals surface area contributed by atoms with Crippen LogP contribution < -0.4 is 4.74 Å². The molecule has 0 N–H and O–H groups in total. The summed E-state index contributed by atoms with van der Waals surface area (Å²) in [5.74, 6) is 0.723. The Kier molecular flexibility index (Phi) is 8.03. The minimum absolute atomic E-state index is 0.162. The molecular weight excluding hydrogens is 305 g/mol. The molecule has 4 heteroatoms. The molecule has 0 saturated heterocycles. The first-order chi connectivity index (χ1) is 6.20. The van der Waals surface area contributed by atoms with Crippen LogP contribution in [0.3, 0.4) is 0 Å². The molecule has 0 aliphatic heterocycles. The van der Waals surface area contributed by atoms with Crippen LogP contribution in [0.25, 0.3) is 0 Å². The molecule has 0 radical (unpaired) electrons. The van der Waals surface area contributed by atoms with Crippen molar-refractivity contribution >= 4 is 25.2 Å². The molecule has 1 rings (SSSR count). The zero-order valence-corrected chi connectivity index (χ0v) is 13.0. The van der Waals surface area contributed by atoms with Gasteiger partial charge in [0.25, 0.3) is 0 Å². The molecule has 68 valence electrons. The van der Waals surface area contributed by atoms with Gasteiger partial charge in [-0.3, -0.25) is 0 Å². The summed E-state index contributed by atoms with van der Waals surface area (Å²) in [7, 11) is 0. The van der Waals surface area contributed by atoms with Crippen molar-refractivity contribution in [3.63, 3.8) is 0 Å². The summed E-state index contributed by atoms with van der Waals surface area (Å²) in [5, 5.41) is 0.612. The van der Waals surface area contributed by atoms with Crippen LogP contribution >= 0.6 is 25.2 Å². The van der Waals surface area contributed by atoms with E-state index in [2.05, 4.69) is 19.7 Å². The van der Waals surface area contributed by atoms with Crippen molar-refractivity contribution in [1.82, 2.24) is 0 Å². The Morgan fingerprint density at radius 1 is 1.54 bits per heavy atom. The van der Waals surface area contributed by atoms with Gasteiger partial charge in [0.1, 0.15) is 0 Å². The summed E-state index contributed by atoms with van der Waals surface area (Å²) in [6, 6.07) is 8.15. The third kappa shape index (κ3) is 5.67. The van der Waals surface area contributed by atoms with E-state index in [0.717, 1.165) is 5.75 Å². The van der Waals surface area contributed by atoms with E-state index in [-0.39, 0.29) is 6.10 Å². The number of benzene rings is 1. The van der Waals surface area contributed by atoms with Crippen LogP contribution in [0.2, 0.25) is 5.02 Å². The topological polar surface area (TPSA) is 9.23 Å². The van der Waals surface area contributed by atoms with Crippen molar-refractivity contribution in [3.8, 4) is 5.75 Å². The zero-order valence-electron chi connectivity index (χ0n) is 7.68. The molecule has 0 aliphatic rings. The Bertz CT molecular complexity index is 243. The predicted octanol–water partition coefficient (Wildman–Crippen LogP) is 3.77. The summed E-state index contributed by atoms with van der Waals surface area (Å²) in [4.78, 5) is 0. The molecule has 0 fully saturated rings. The first-order valence-electron chi connectivity index (χ1n) is 3.79. The van der Waals surface area contributed by atoms with Crippen LogP contribution in [0, 0.1) is 6.07 Å². The predicted molar refractivity (Wildman–Crippen MR) is 55.0 cm³/mol. The van der Waals surface area contributed by atoms with Gasteiger partial charge in [-0.05, 0) is 18.9 Å². The fourth-order valence-corrected chi connectivity index (χ4v) is 0.916. The molecule has 13 heavy (non-hydrogen) atoms. The van der Waals surface area contributed by atoms with Gasteiger partial charge in [-0.15, -0.1) is 6.07 Å². The van der Waals surface area contributed by atoms with Gasteiger partial charge in [-0.25, -0.2) is 0 Å². The van der Waals surface area contributed by atoms with Crippen LogP contribution in [0.4, 0.5) is 0 Å². The number of hydrogen-bond acceptors (Lipinski definition) is 1. The van der Waals surface area contributed by atoms with Crippen molar-refractivity contribution in [2.45, 2.75) is 20.0 Å². The van der Waals surface area contributed by atoms with Crippen LogP contribution in [0.5, 0.6) is 5.75 Å². The fraction of sp³-hybridized carbons (Fsp3) is 0.333. The van der Waals surface area contributed by atoms with Gasteiger partial charge < -0.3 is 4.74 Å². The molecule has 0 aliphatic carbocycles. The Balaban J connectivity index is 0.000000671. The molecule has 0 aromatic heterocycles. The molecule has 1 aromatic rings. The standard InChI is InChI=1S/C9H10ClO.BrH.Zn/c1-7(2)11-9-6-4-3-5-8(9)10;;/h4-7H,1-2H3;1H;/q-1;;+2/p-1. The molecular formula is C9H10BrClOZn. The van der Waals surface area contributed by atoms with Crippen LogP contribution in [0.15, 0.2) is 18.2 Å². The van der Waals surface area contributed by atoms with Gasteiger partial charge in [0.15, 0.2) is 0 Å². The first-order valence-corrected chi connectivity index (χ1v) is 11.1. The van der Waals surface area contributed by atoms with Crippen LogP contribution in [-0.2, 0) is 16.3 Å². The monoisotopic (exact) mass is 312 g/mol. The third-order valence-corrected chi connectivity index (χ3v) is 1.43. The van der Waals surface area contributed by atoms with Crippen molar-refractivity contribution in [3.05, 3.63) is 29.3 Å². The zero-order chi connectivity index (χ0) is 10.3. The van der Waals surface area contributed by atoms with Crippen molar-refractivity contribution in [1.29, 1.82) is 0 Å². The normalized spacial score (nSPS) is 9.15. The van der Waals surface area contributed by atoms with Gasteiger partial charge in [-0.2, -0.15) is 29.8 Å². The molecule has 0 amide bonds. The van der Waals surface area contributed by atoms with E-state index in [9.17, 15) is 0 Å². The number of halogens is 2. The molecule has 1 aromatic carbocycles. The van der Waals surface area contributed by atoms with E-state index in [1.807, 2.05) is 19.9 Å².